The summed E-state index contributed by atoms with van der Waals surface area (Å²) in [6.45, 7) is 7.58. The molecule has 0 saturated carbocycles. The number of morpholine rings is 1. The van der Waals surface area contributed by atoms with Crippen molar-refractivity contribution < 1.29 is 4.74 Å². The Morgan fingerprint density at radius 1 is 1.61 bits per heavy atom. The van der Waals surface area contributed by atoms with E-state index < -0.39 is 0 Å². The molecule has 0 radical (unpaired) electrons. The van der Waals surface area contributed by atoms with Gasteiger partial charge in [-0.15, -0.1) is 0 Å². The van der Waals surface area contributed by atoms with Crippen LogP contribution in [0.3, 0.4) is 0 Å². The van der Waals surface area contributed by atoms with Crippen LogP contribution in [0.15, 0.2) is 12.3 Å². The molecule has 1 aromatic heterocycles. The van der Waals surface area contributed by atoms with Crippen molar-refractivity contribution in [3.63, 3.8) is 0 Å². The maximum absolute atomic E-state index is 7.41. The van der Waals surface area contributed by atoms with Crippen molar-refractivity contribution in [1.29, 1.82) is 5.41 Å². The first kappa shape index (κ1) is 12.8. The van der Waals surface area contributed by atoms with E-state index >= 15 is 0 Å². The van der Waals surface area contributed by atoms with Crippen LogP contribution in [-0.4, -0.2) is 40.6 Å². The predicted octanol–water partition coefficient (Wildman–Crippen LogP) is 0.764. The van der Waals surface area contributed by atoms with Crippen LogP contribution in [0.25, 0.3) is 0 Å². The van der Waals surface area contributed by atoms with Gasteiger partial charge in [0.15, 0.2) is 0 Å². The molecule has 98 valence electrons. The first-order valence-corrected chi connectivity index (χ1v) is 5.97. The largest absolute Gasteiger partial charge is 0.382 e. The van der Waals surface area contributed by atoms with Crippen LogP contribution in [0.4, 0.5) is 5.95 Å². The Labute approximate surface area is 107 Å². The fraction of sp³-hybridized carbons (Fsp3) is 0.583. The Morgan fingerprint density at radius 3 is 2.94 bits per heavy atom. The van der Waals surface area contributed by atoms with Crippen LogP contribution in [-0.2, 0) is 4.74 Å². The van der Waals surface area contributed by atoms with Crippen molar-refractivity contribution in [2.24, 2.45) is 5.73 Å². The van der Waals surface area contributed by atoms with Crippen LogP contribution in [0.1, 0.15) is 26.5 Å². The van der Waals surface area contributed by atoms with Gasteiger partial charge in [0.2, 0.25) is 5.95 Å². The van der Waals surface area contributed by atoms with Crippen molar-refractivity contribution in [3.8, 4) is 0 Å². The average Bonchev–Trinajstić information content (AvgIpc) is 2.26. The molecule has 0 amide bonds. The van der Waals surface area contributed by atoms with Crippen LogP contribution in [0.2, 0.25) is 0 Å². The first-order chi connectivity index (χ1) is 8.37. The van der Waals surface area contributed by atoms with Crippen LogP contribution in [0.5, 0.6) is 0 Å². The fourth-order valence-corrected chi connectivity index (χ4v) is 2.26. The Balaban J connectivity index is 2.25. The van der Waals surface area contributed by atoms with Crippen molar-refractivity contribution >= 4 is 11.8 Å². The number of nitrogens with one attached hydrogen (secondary N) is 1. The second-order valence-corrected chi connectivity index (χ2v) is 5.22. The highest BCUT2D eigenvalue weighted by molar-refractivity contribution is 5.93. The zero-order chi connectivity index (χ0) is 13.3. The number of rotatable bonds is 2. The van der Waals surface area contributed by atoms with E-state index in [-0.39, 0.29) is 17.5 Å². The SMILES string of the molecule is CC1CN(c2nccc(C(=N)N)n2)CC(C)(C)O1. The molecule has 1 fully saturated rings. The highest BCUT2D eigenvalue weighted by Gasteiger charge is 2.32. The van der Waals surface area contributed by atoms with Crippen LogP contribution in [0, 0.1) is 5.41 Å². The second kappa shape index (κ2) is 4.53. The number of amidine groups is 1. The number of nitrogens with two attached hydrogens (primary N) is 1. The molecule has 1 aromatic rings. The molecule has 6 heteroatoms. The summed E-state index contributed by atoms with van der Waals surface area (Å²) < 4.78 is 5.84. The smallest absolute Gasteiger partial charge is 0.226 e. The molecule has 18 heavy (non-hydrogen) atoms. The summed E-state index contributed by atoms with van der Waals surface area (Å²) >= 11 is 0. The van der Waals surface area contributed by atoms with Gasteiger partial charge in [-0.1, -0.05) is 0 Å². The molecule has 2 rings (SSSR count). The highest BCUT2D eigenvalue weighted by atomic mass is 16.5. The first-order valence-electron chi connectivity index (χ1n) is 5.97. The van der Waals surface area contributed by atoms with Crippen LogP contribution < -0.4 is 10.6 Å². The molecular formula is C12H19N5O. The lowest BCUT2D eigenvalue weighted by Crippen LogP contribution is -2.52. The van der Waals surface area contributed by atoms with Crippen molar-refractivity contribution in [2.45, 2.75) is 32.5 Å². The number of hydrogen-bond acceptors (Lipinski definition) is 5. The highest BCUT2D eigenvalue weighted by Crippen LogP contribution is 2.23. The minimum absolute atomic E-state index is 0.0424. The summed E-state index contributed by atoms with van der Waals surface area (Å²) in [6, 6.07) is 1.64. The summed E-state index contributed by atoms with van der Waals surface area (Å²) in [6.07, 6.45) is 1.75. The van der Waals surface area contributed by atoms with Gasteiger partial charge in [0, 0.05) is 19.3 Å². The number of ether oxygens (including phenoxy) is 1. The van der Waals surface area contributed by atoms with E-state index in [1.165, 1.54) is 0 Å². The molecule has 1 aliphatic heterocycles. The summed E-state index contributed by atoms with van der Waals surface area (Å²) in [4.78, 5) is 10.6. The summed E-state index contributed by atoms with van der Waals surface area (Å²) in [7, 11) is 0. The van der Waals surface area contributed by atoms with Crippen molar-refractivity contribution in [1.82, 2.24) is 9.97 Å². The zero-order valence-corrected chi connectivity index (χ0v) is 11.0. The minimum Gasteiger partial charge on any atom is -0.382 e. The van der Waals surface area contributed by atoms with E-state index in [0.717, 1.165) is 13.1 Å². The monoisotopic (exact) mass is 249 g/mol. The topological polar surface area (TPSA) is 88.1 Å². The Morgan fingerprint density at radius 2 is 2.33 bits per heavy atom. The average molecular weight is 249 g/mol. The molecule has 6 nitrogen and oxygen atoms in total. The number of nitrogen functional groups attached to an aromatic ring is 1. The molecule has 2 heterocycles. The van der Waals surface area contributed by atoms with Gasteiger partial charge in [0.25, 0.3) is 0 Å². The minimum atomic E-state index is -0.229. The molecule has 1 aliphatic rings. The molecular weight excluding hydrogens is 230 g/mol. The standard InChI is InChI=1S/C12H19N5O/c1-8-6-17(7-12(2,3)18-8)11-15-5-4-9(16-11)10(13)14/h4-5,8H,6-7H2,1-3H3,(H3,13,14). The van der Waals surface area contributed by atoms with Crippen molar-refractivity contribution in [2.75, 3.05) is 18.0 Å². The predicted molar refractivity (Wildman–Crippen MR) is 69.9 cm³/mol. The van der Waals surface area contributed by atoms with E-state index in [1.807, 2.05) is 20.8 Å². The van der Waals surface area contributed by atoms with Gasteiger partial charge in [-0.2, -0.15) is 0 Å². The van der Waals surface area contributed by atoms with Gasteiger partial charge in [0.1, 0.15) is 11.5 Å². The molecule has 0 spiro atoms. The van der Waals surface area contributed by atoms with Gasteiger partial charge >= 0.3 is 0 Å². The van der Waals surface area contributed by atoms with Crippen LogP contribution >= 0.6 is 0 Å². The molecule has 0 bridgehead atoms. The lowest BCUT2D eigenvalue weighted by molar-refractivity contribution is -0.0753. The molecule has 0 aromatic carbocycles. The lowest BCUT2D eigenvalue weighted by atomic mass is 10.1. The van der Waals surface area contributed by atoms with Gasteiger partial charge < -0.3 is 15.4 Å². The van der Waals surface area contributed by atoms with E-state index in [1.54, 1.807) is 12.3 Å². The molecule has 0 aliphatic carbocycles. The maximum atomic E-state index is 7.41. The normalized spacial score (nSPS) is 22.8. The van der Waals surface area contributed by atoms with Gasteiger partial charge in [-0.05, 0) is 26.8 Å². The molecule has 3 N–H and O–H groups in total. The number of nitrogens with zero attached hydrogens (tertiary/aromatic N) is 3. The quantitative estimate of drug-likeness (QED) is 0.597. The van der Waals surface area contributed by atoms with Crippen molar-refractivity contribution in [3.05, 3.63) is 18.0 Å². The van der Waals surface area contributed by atoms with Gasteiger partial charge in [-0.25, -0.2) is 9.97 Å². The third kappa shape index (κ3) is 2.76. The molecule has 1 saturated heterocycles. The summed E-state index contributed by atoms with van der Waals surface area (Å²) in [5, 5.41) is 7.41. The third-order valence-electron chi connectivity index (χ3n) is 2.77. The molecule has 1 unspecified atom stereocenters. The lowest BCUT2D eigenvalue weighted by Gasteiger charge is -2.41. The van der Waals surface area contributed by atoms with E-state index in [0.29, 0.717) is 11.6 Å². The van der Waals surface area contributed by atoms with E-state index in [4.69, 9.17) is 15.9 Å². The number of aromatic nitrogens is 2. The Bertz CT molecular complexity index is 460. The van der Waals surface area contributed by atoms with Gasteiger partial charge in [0.05, 0.1) is 11.7 Å². The second-order valence-electron chi connectivity index (χ2n) is 5.22. The summed E-state index contributed by atoms with van der Waals surface area (Å²) in [5.41, 5.74) is 5.67. The molecule has 1 atom stereocenters. The Hall–Kier alpha value is -1.69. The fourth-order valence-electron chi connectivity index (χ4n) is 2.26. The van der Waals surface area contributed by atoms with E-state index in [2.05, 4.69) is 14.9 Å². The number of hydrogen-bond donors (Lipinski definition) is 2. The zero-order valence-electron chi connectivity index (χ0n) is 11.0. The maximum Gasteiger partial charge on any atom is 0.226 e. The van der Waals surface area contributed by atoms with Gasteiger partial charge in [-0.3, -0.25) is 5.41 Å². The van der Waals surface area contributed by atoms with E-state index in [9.17, 15) is 0 Å². The summed E-state index contributed by atoms with van der Waals surface area (Å²) in [5.74, 6) is 0.560. The number of anilines is 1. The third-order valence-corrected chi connectivity index (χ3v) is 2.77. The Kier molecular flexibility index (Phi) is 3.21.